The van der Waals surface area contributed by atoms with Gasteiger partial charge in [-0.2, -0.15) is 0 Å². The number of thioether (sulfide) groups is 1. The second-order valence-corrected chi connectivity index (χ2v) is 8.03. The first kappa shape index (κ1) is 22.3. The monoisotopic (exact) mass is 441 g/mol. The van der Waals surface area contributed by atoms with Gasteiger partial charge in [0.2, 0.25) is 11.8 Å². The van der Waals surface area contributed by atoms with Gasteiger partial charge in [-0.1, -0.05) is 13.3 Å². The summed E-state index contributed by atoms with van der Waals surface area (Å²) >= 11 is 1.23. The van der Waals surface area contributed by atoms with Crippen LogP contribution in [0.1, 0.15) is 29.3 Å². The van der Waals surface area contributed by atoms with Crippen LogP contribution in [-0.4, -0.2) is 31.7 Å². The molecule has 3 rings (SSSR count). The minimum absolute atomic E-state index is 0.0550. The van der Waals surface area contributed by atoms with Gasteiger partial charge >= 0.3 is 5.69 Å². The Morgan fingerprint density at radius 1 is 1.13 bits per heavy atom. The van der Waals surface area contributed by atoms with E-state index in [1.165, 1.54) is 35.5 Å². The Balaban J connectivity index is 1.91. The number of aromatic nitrogens is 3. The highest BCUT2D eigenvalue weighted by molar-refractivity contribution is 8.00. The van der Waals surface area contributed by atoms with Crippen LogP contribution in [0.15, 0.2) is 44.9 Å². The average molecular weight is 442 g/mol. The van der Waals surface area contributed by atoms with Crippen LogP contribution in [0.3, 0.4) is 0 Å². The van der Waals surface area contributed by atoms with Crippen LogP contribution in [0, 0.1) is 0 Å². The summed E-state index contributed by atoms with van der Waals surface area (Å²) in [6.07, 6.45) is 3.19. The smallest absolute Gasteiger partial charge is 0.332 e. The molecule has 0 spiro atoms. The number of carbonyl (C=O) groups excluding carboxylic acids is 2. The molecule has 0 saturated heterocycles. The van der Waals surface area contributed by atoms with E-state index in [9.17, 15) is 19.2 Å². The molecule has 0 bridgehead atoms. The maximum absolute atomic E-state index is 12.9. The van der Waals surface area contributed by atoms with E-state index in [1.54, 1.807) is 25.4 Å². The number of pyridine rings is 1. The Morgan fingerprint density at radius 3 is 2.42 bits per heavy atom. The van der Waals surface area contributed by atoms with E-state index < -0.39 is 17.2 Å². The van der Waals surface area contributed by atoms with Crippen LogP contribution in [0.4, 0.5) is 5.69 Å². The minimum atomic E-state index is -0.544. The number of nitrogens with two attached hydrogens (primary N) is 1. The Kier molecular flexibility index (Phi) is 6.59. The first-order valence-corrected chi connectivity index (χ1v) is 10.6. The maximum Gasteiger partial charge on any atom is 0.332 e. The van der Waals surface area contributed by atoms with Crippen molar-refractivity contribution in [3.63, 3.8) is 0 Å². The van der Waals surface area contributed by atoms with Gasteiger partial charge in [-0.05, 0) is 36.2 Å². The quantitative estimate of drug-likeness (QED) is 0.534. The molecule has 2 amide bonds. The van der Waals surface area contributed by atoms with Crippen LogP contribution in [0.25, 0.3) is 11.0 Å². The van der Waals surface area contributed by atoms with E-state index in [0.717, 1.165) is 16.6 Å². The largest absolute Gasteiger partial charge is 0.366 e. The fourth-order valence-electron chi connectivity index (χ4n) is 3.21. The van der Waals surface area contributed by atoms with Crippen molar-refractivity contribution in [3.8, 4) is 0 Å². The van der Waals surface area contributed by atoms with Crippen molar-refractivity contribution in [2.45, 2.75) is 24.7 Å². The van der Waals surface area contributed by atoms with Crippen LogP contribution in [-0.2, 0) is 25.3 Å². The van der Waals surface area contributed by atoms with E-state index in [2.05, 4.69) is 10.3 Å². The summed E-state index contributed by atoms with van der Waals surface area (Å²) in [5.74, 6) is -0.761. The van der Waals surface area contributed by atoms with Crippen LogP contribution in [0.2, 0.25) is 0 Å². The number of anilines is 1. The molecular formula is C21H23N5O4S. The summed E-state index contributed by atoms with van der Waals surface area (Å²) in [4.78, 5) is 53.8. The molecule has 0 fully saturated rings. The third-order valence-corrected chi connectivity index (χ3v) is 5.98. The van der Waals surface area contributed by atoms with Crippen molar-refractivity contribution in [2.75, 3.05) is 11.1 Å². The van der Waals surface area contributed by atoms with E-state index in [0.29, 0.717) is 28.0 Å². The van der Waals surface area contributed by atoms with E-state index >= 15 is 0 Å². The lowest BCUT2D eigenvalue weighted by molar-refractivity contribution is -0.113. The lowest BCUT2D eigenvalue weighted by atomic mass is 10.1. The Morgan fingerprint density at radius 2 is 1.81 bits per heavy atom. The van der Waals surface area contributed by atoms with Gasteiger partial charge in [0.15, 0.2) is 0 Å². The van der Waals surface area contributed by atoms with Crippen molar-refractivity contribution in [2.24, 2.45) is 19.8 Å². The molecule has 0 atom stereocenters. The molecule has 31 heavy (non-hydrogen) atoms. The van der Waals surface area contributed by atoms with Gasteiger partial charge in [-0.25, -0.2) is 9.78 Å². The number of rotatable bonds is 7. The maximum atomic E-state index is 12.9. The molecule has 0 aliphatic heterocycles. The number of primary amides is 1. The number of nitrogens with zero attached hydrogens (tertiary/aromatic N) is 3. The number of hydrogen-bond acceptors (Lipinski definition) is 6. The van der Waals surface area contributed by atoms with Crippen LogP contribution < -0.4 is 22.3 Å². The van der Waals surface area contributed by atoms with Crippen molar-refractivity contribution < 1.29 is 9.59 Å². The predicted octanol–water partition coefficient (Wildman–Crippen LogP) is 1.41. The Bertz CT molecular complexity index is 1280. The van der Waals surface area contributed by atoms with Crippen molar-refractivity contribution in [3.05, 3.63) is 62.4 Å². The molecule has 10 heteroatoms. The SMILES string of the molecule is CCCc1cnc2c(c1SCC(=O)Nc1ccc(C(N)=O)cc1)c(=O)n(C)c(=O)n2C. The highest BCUT2D eigenvalue weighted by Gasteiger charge is 2.18. The van der Waals surface area contributed by atoms with Gasteiger partial charge in [0.1, 0.15) is 5.65 Å². The number of nitrogens with one attached hydrogen (secondary N) is 1. The summed E-state index contributed by atoms with van der Waals surface area (Å²) in [7, 11) is 2.99. The van der Waals surface area contributed by atoms with Crippen molar-refractivity contribution >= 4 is 40.3 Å². The molecule has 3 aromatic rings. The predicted molar refractivity (Wildman–Crippen MR) is 121 cm³/mol. The van der Waals surface area contributed by atoms with E-state index in [4.69, 9.17) is 5.73 Å². The number of amides is 2. The lowest BCUT2D eigenvalue weighted by Crippen LogP contribution is -2.37. The van der Waals surface area contributed by atoms with E-state index in [1.807, 2.05) is 6.92 Å². The summed E-state index contributed by atoms with van der Waals surface area (Å²) in [5, 5.41) is 3.09. The molecule has 0 unspecified atom stereocenters. The fourth-order valence-corrected chi connectivity index (χ4v) is 4.22. The highest BCUT2D eigenvalue weighted by Crippen LogP contribution is 2.29. The molecule has 1 aromatic carbocycles. The number of aryl methyl sites for hydroxylation is 2. The third-order valence-electron chi connectivity index (χ3n) is 4.82. The average Bonchev–Trinajstić information content (AvgIpc) is 2.75. The molecule has 3 N–H and O–H groups in total. The summed E-state index contributed by atoms with van der Waals surface area (Å²) < 4.78 is 2.38. The number of fused-ring (bicyclic) bond motifs is 1. The zero-order chi connectivity index (χ0) is 22.7. The van der Waals surface area contributed by atoms with Crippen LogP contribution in [0.5, 0.6) is 0 Å². The molecule has 0 saturated carbocycles. The van der Waals surface area contributed by atoms with E-state index in [-0.39, 0.29) is 17.3 Å². The third kappa shape index (κ3) is 4.53. The van der Waals surface area contributed by atoms with Gasteiger partial charge in [0.05, 0.1) is 11.1 Å². The Labute approximate surface area is 182 Å². The first-order chi connectivity index (χ1) is 14.7. The normalized spacial score (nSPS) is 10.9. The zero-order valence-electron chi connectivity index (χ0n) is 17.5. The molecule has 0 aliphatic rings. The molecule has 2 aromatic heterocycles. The molecule has 2 heterocycles. The summed E-state index contributed by atoms with van der Waals surface area (Å²) in [6, 6.07) is 6.26. The summed E-state index contributed by atoms with van der Waals surface area (Å²) in [5.41, 5.74) is 6.35. The second-order valence-electron chi connectivity index (χ2n) is 7.05. The second kappa shape index (κ2) is 9.17. The Hall–Kier alpha value is -3.40. The van der Waals surface area contributed by atoms with Gasteiger partial charge in [-0.15, -0.1) is 11.8 Å². The van der Waals surface area contributed by atoms with Gasteiger partial charge < -0.3 is 11.1 Å². The fraction of sp³-hybridized carbons (Fsp3) is 0.286. The number of hydrogen-bond donors (Lipinski definition) is 2. The summed E-state index contributed by atoms with van der Waals surface area (Å²) in [6.45, 7) is 2.01. The standard InChI is InChI=1S/C21H23N5O4S/c1-4-5-13-10-23-19-16(20(29)26(3)21(30)25(19)2)17(13)31-11-15(27)24-14-8-6-12(7-9-14)18(22)28/h6-10H,4-5,11H2,1-3H3,(H2,22,28)(H,24,27). The van der Waals surface area contributed by atoms with Crippen molar-refractivity contribution in [1.82, 2.24) is 14.1 Å². The minimum Gasteiger partial charge on any atom is -0.366 e. The van der Waals surface area contributed by atoms with Gasteiger partial charge in [-0.3, -0.25) is 23.5 Å². The first-order valence-electron chi connectivity index (χ1n) is 9.64. The van der Waals surface area contributed by atoms with Crippen molar-refractivity contribution in [1.29, 1.82) is 0 Å². The molecular weight excluding hydrogens is 418 g/mol. The zero-order valence-corrected chi connectivity index (χ0v) is 18.3. The number of carbonyl (C=O) groups is 2. The topological polar surface area (TPSA) is 129 Å². The molecule has 0 aliphatic carbocycles. The van der Waals surface area contributed by atoms with Gasteiger partial charge in [0, 0.05) is 36.4 Å². The molecule has 0 radical (unpaired) electrons. The number of benzene rings is 1. The molecule has 162 valence electrons. The lowest BCUT2D eigenvalue weighted by Gasteiger charge is -2.14. The van der Waals surface area contributed by atoms with Crippen LogP contribution >= 0.6 is 11.8 Å². The molecule has 9 nitrogen and oxygen atoms in total. The van der Waals surface area contributed by atoms with Gasteiger partial charge in [0.25, 0.3) is 5.56 Å². The highest BCUT2D eigenvalue weighted by atomic mass is 32.2.